The second-order valence-corrected chi connectivity index (χ2v) is 7.74. The highest BCUT2D eigenvalue weighted by Gasteiger charge is 2.13. The summed E-state index contributed by atoms with van der Waals surface area (Å²) < 4.78 is 0. The fourth-order valence-electron chi connectivity index (χ4n) is 4.42. The van der Waals surface area contributed by atoms with E-state index in [0.717, 1.165) is 5.69 Å². The zero-order valence-corrected chi connectivity index (χ0v) is 16.5. The second kappa shape index (κ2) is 6.82. The van der Waals surface area contributed by atoms with Gasteiger partial charge < -0.3 is 0 Å². The maximum atomic E-state index is 3.48. The van der Waals surface area contributed by atoms with E-state index < -0.39 is 0 Å². The molecule has 0 aliphatic carbocycles. The van der Waals surface area contributed by atoms with Crippen LogP contribution in [0.4, 0.5) is 0 Å². The smallest absolute Gasteiger partial charge is 0.211 e. The number of rotatable bonds is 2. The van der Waals surface area contributed by atoms with Crippen LogP contribution in [0.15, 0.2) is 115 Å². The summed E-state index contributed by atoms with van der Waals surface area (Å²) >= 11 is 0. The largest absolute Gasteiger partial charge is 0.218 e. The summed E-state index contributed by atoms with van der Waals surface area (Å²) in [7, 11) is 0. The molecule has 0 aliphatic rings. The van der Waals surface area contributed by atoms with Gasteiger partial charge >= 0.3 is 0 Å². The van der Waals surface area contributed by atoms with Gasteiger partial charge in [-0.2, -0.15) is 0 Å². The molecule has 1 aromatic heterocycles. The lowest BCUT2D eigenvalue weighted by Crippen LogP contribution is -2.06. The van der Waals surface area contributed by atoms with Crippen molar-refractivity contribution in [2.75, 3.05) is 0 Å². The number of aromatic amines is 1. The molecule has 1 heteroatoms. The van der Waals surface area contributed by atoms with Gasteiger partial charge in [-0.3, -0.25) is 0 Å². The van der Waals surface area contributed by atoms with Crippen LogP contribution in [-0.4, -0.2) is 0 Å². The van der Waals surface area contributed by atoms with Gasteiger partial charge in [0.2, 0.25) is 5.69 Å². The lowest BCUT2D eigenvalue weighted by molar-refractivity contribution is -0.362. The Labute approximate surface area is 175 Å². The first-order chi connectivity index (χ1) is 14.9. The summed E-state index contributed by atoms with van der Waals surface area (Å²) in [5.41, 5.74) is 4.83. The van der Waals surface area contributed by atoms with Gasteiger partial charge in [0, 0.05) is 17.0 Å². The lowest BCUT2D eigenvalue weighted by atomic mass is 9.97. The van der Waals surface area contributed by atoms with Crippen LogP contribution in [0.25, 0.3) is 54.7 Å². The van der Waals surface area contributed by atoms with Crippen molar-refractivity contribution in [3.8, 4) is 22.4 Å². The summed E-state index contributed by atoms with van der Waals surface area (Å²) in [6, 6.07) is 39.2. The summed E-state index contributed by atoms with van der Waals surface area (Å²) in [6.45, 7) is 0. The Bertz CT molecular complexity index is 1530. The maximum Gasteiger partial charge on any atom is 0.218 e. The van der Waals surface area contributed by atoms with Crippen LogP contribution in [0.5, 0.6) is 0 Å². The molecule has 0 saturated carbocycles. The van der Waals surface area contributed by atoms with Crippen LogP contribution >= 0.6 is 0 Å². The SMILES string of the molecule is c1ccc2cc(-c3ccc(-c4[nH+]ccc5c4ccc4ccccc45)cc3)ccc2c1. The first kappa shape index (κ1) is 16.9. The van der Waals surface area contributed by atoms with E-state index in [2.05, 4.69) is 114 Å². The normalized spacial score (nSPS) is 11.3. The quantitative estimate of drug-likeness (QED) is 0.279. The van der Waals surface area contributed by atoms with E-state index in [-0.39, 0.29) is 0 Å². The van der Waals surface area contributed by atoms with Gasteiger partial charge in [-0.05, 0) is 56.9 Å². The van der Waals surface area contributed by atoms with Gasteiger partial charge in [-0.15, -0.1) is 0 Å². The highest BCUT2D eigenvalue weighted by Crippen LogP contribution is 2.31. The third kappa shape index (κ3) is 2.75. The number of hydrogen-bond acceptors (Lipinski definition) is 0. The predicted molar refractivity (Wildman–Crippen MR) is 126 cm³/mol. The second-order valence-electron chi connectivity index (χ2n) is 7.74. The summed E-state index contributed by atoms with van der Waals surface area (Å²) in [5, 5.41) is 7.63. The van der Waals surface area contributed by atoms with Crippen LogP contribution in [-0.2, 0) is 0 Å². The van der Waals surface area contributed by atoms with E-state index in [4.69, 9.17) is 0 Å². The monoisotopic (exact) mass is 382 g/mol. The molecule has 0 saturated heterocycles. The van der Waals surface area contributed by atoms with E-state index in [1.54, 1.807) is 0 Å². The standard InChI is InChI=1S/C29H19N/c1-2-7-24-19-25(14-11-20(24)5-1)21-9-12-23(13-10-21)29-28-16-15-22-6-3-4-8-26(22)27(28)17-18-30-29/h1-19H/p+1. The Kier molecular flexibility index (Phi) is 3.85. The third-order valence-corrected chi connectivity index (χ3v) is 5.97. The van der Waals surface area contributed by atoms with Gasteiger partial charge in [-0.1, -0.05) is 78.9 Å². The van der Waals surface area contributed by atoms with E-state index in [1.165, 1.54) is 49.0 Å². The van der Waals surface area contributed by atoms with Crippen LogP contribution in [0.2, 0.25) is 0 Å². The Morgan fingerprint density at radius 2 is 1.07 bits per heavy atom. The molecule has 0 bridgehead atoms. The molecule has 0 aliphatic heterocycles. The van der Waals surface area contributed by atoms with Crippen molar-refractivity contribution < 1.29 is 4.98 Å². The average Bonchev–Trinajstić information content (AvgIpc) is 2.83. The molecule has 0 amide bonds. The fraction of sp³-hybridized carbons (Fsp3) is 0. The maximum absolute atomic E-state index is 3.48. The van der Waals surface area contributed by atoms with Gasteiger partial charge in [0.25, 0.3) is 0 Å². The first-order valence-corrected chi connectivity index (χ1v) is 10.3. The Hall–Kier alpha value is -3.97. The van der Waals surface area contributed by atoms with Gasteiger partial charge in [0.1, 0.15) is 0 Å². The summed E-state index contributed by atoms with van der Waals surface area (Å²) in [5.74, 6) is 0. The fourth-order valence-corrected chi connectivity index (χ4v) is 4.42. The Balaban J connectivity index is 1.45. The first-order valence-electron chi connectivity index (χ1n) is 10.3. The topological polar surface area (TPSA) is 14.1 Å². The molecule has 6 rings (SSSR count). The minimum absolute atomic E-state index is 1.16. The number of aromatic nitrogens is 1. The van der Waals surface area contributed by atoms with Crippen LogP contribution < -0.4 is 4.98 Å². The predicted octanol–water partition coefficient (Wildman–Crippen LogP) is 7.29. The molecule has 1 N–H and O–H groups in total. The third-order valence-electron chi connectivity index (χ3n) is 5.97. The number of hydrogen-bond donors (Lipinski definition) is 0. The van der Waals surface area contributed by atoms with E-state index in [1.807, 2.05) is 6.20 Å². The van der Waals surface area contributed by atoms with Crippen LogP contribution in [0.1, 0.15) is 0 Å². The highest BCUT2D eigenvalue weighted by atomic mass is 14.7. The van der Waals surface area contributed by atoms with Gasteiger partial charge in [0.15, 0.2) is 6.20 Å². The molecule has 0 unspecified atom stereocenters. The minimum Gasteiger partial charge on any atom is -0.211 e. The molecule has 140 valence electrons. The Morgan fingerprint density at radius 3 is 1.93 bits per heavy atom. The number of benzene rings is 5. The molecular formula is C29H20N+. The van der Waals surface area contributed by atoms with Crippen molar-refractivity contribution in [3.63, 3.8) is 0 Å². The minimum atomic E-state index is 1.16. The zero-order valence-electron chi connectivity index (χ0n) is 16.5. The highest BCUT2D eigenvalue weighted by molar-refractivity contribution is 6.10. The molecule has 1 heterocycles. The molecule has 0 radical (unpaired) electrons. The lowest BCUT2D eigenvalue weighted by Gasteiger charge is -2.07. The number of pyridine rings is 1. The van der Waals surface area contributed by atoms with Crippen molar-refractivity contribution in [1.29, 1.82) is 0 Å². The molecule has 6 aromatic rings. The summed E-state index contributed by atoms with van der Waals surface area (Å²) in [6.07, 6.45) is 2.04. The number of H-pyrrole nitrogens is 1. The van der Waals surface area contributed by atoms with Crippen molar-refractivity contribution in [2.45, 2.75) is 0 Å². The van der Waals surface area contributed by atoms with E-state index in [9.17, 15) is 0 Å². The van der Waals surface area contributed by atoms with Crippen molar-refractivity contribution >= 4 is 32.3 Å². The molecule has 30 heavy (non-hydrogen) atoms. The van der Waals surface area contributed by atoms with E-state index >= 15 is 0 Å². The molecule has 1 nitrogen and oxygen atoms in total. The van der Waals surface area contributed by atoms with Crippen LogP contribution in [0, 0.1) is 0 Å². The zero-order chi connectivity index (χ0) is 19.9. The Morgan fingerprint density at radius 1 is 0.400 bits per heavy atom. The van der Waals surface area contributed by atoms with Crippen molar-refractivity contribution in [1.82, 2.24) is 0 Å². The molecule has 5 aromatic carbocycles. The van der Waals surface area contributed by atoms with Crippen molar-refractivity contribution in [2.24, 2.45) is 0 Å². The van der Waals surface area contributed by atoms with Crippen molar-refractivity contribution in [3.05, 3.63) is 115 Å². The number of fused-ring (bicyclic) bond motifs is 4. The van der Waals surface area contributed by atoms with Gasteiger partial charge in [0.05, 0.1) is 5.39 Å². The molecule has 0 atom stereocenters. The van der Waals surface area contributed by atoms with Gasteiger partial charge in [-0.25, -0.2) is 4.98 Å². The molecule has 0 spiro atoms. The number of nitrogens with one attached hydrogen (secondary N) is 1. The summed E-state index contributed by atoms with van der Waals surface area (Å²) in [4.78, 5) is 3.48. The molecule has 0 fully saturated rings. The van der Waals surface area contributed by atoms with E-state index in [0.29, 0.717) is 0 Å². The molecular weight excluding hydrogens is 362 g/mol. The van der Waals surface area contributed by atoms with Crippen LogP contribution in [0.3, 0.4) is 0 Å². The average molecular weight is 382 g/mol.